The van der Waals surface area contributed by atoms with Crippen LogP contribution < -0.4 is 14.8 Å². The van der Waals surface area contributed by atoms with E-state index in [4.69, 9.17) is 21.1 Å². The van der Waals surface area contributed by atoms with Crippen LogP contribution in [-0.2, 0) is 0 Å². The summed E-state index contributed by atoms with van der Waals surface area (Å²) in [5.74, 6) is 0.865. The Morgan fingerprint density at radius 1 is 1.24 bits per heavy atom. The lowest BCUT2D eigenvalue weighted by molar-refractivity contribution is -0.135. The Balaban J connectivity index is 2.88. The van der Waals surface area contributed by atoms with Crippen molar-refractivity contribution in [1.29, 1.82) is 0 Å². The third-order valence-corrected chi connectivity index (χ3v) is 3.44. The molecule has 0 aliphatic heterocycles. The zero-order valence-corrected chi connectivity index (χ0v) is 12.9. The molecule has 0 aliphatic rings. The third-order valence-electron chi connectivity index (χ3n) is 3.16. The molecule has 0 spiro atoms. The smallest absolute Gasteiger partial charge is 0.389 e. The molecular weight excluding hydrogens is 307 g/mol. The molecule has 0 saturated carbocycles. The van der Waals surface area contributed by atoms with Gasteiger partial charge in [-0.05, 0) is 37.6 Å². The van der Waals surface area contributed by atoms with Gasteiger partial charge in [-0.1, -0.05) is 11.6 Å². The second kappa shape index (κ2) is 7.75. The molecule has 3 nitrogen and oxygen atoms in total. The number of benzene rings is 1. The van der Waals surface area contributed by atoms with Crippen LogP contribution in [0.15, 0.2) is 12.1 Å². The van der Waals surface area contributed by atoms with E-state index in [1.54, 1.807) is 19.2 Å². The van der Waals surface area contributed by atoms with E-state index in [0.29, 0.717) is 22.9 Å². The van der Waals surface area contributed by atoms with Crippen LogP contribution in [-0.4, -0.2) is 27.4 Å². The number of hydrogen-bond acceptors (Lipinski definition) is 3. The predicted octanol–water partition coefficient (Wildman–Crippen LogP) is 4.35. The number of nitrogens with one attached hydrogen (secondary N) is 1. The lowest BCUT2D eigenvalue weighted by Gasteiger charge is -2.19. The number of alkyl halides is 3. The van der Waals surface area contributed by atoms with Crippen molar-refractivity contribution >= 4 is 11.6 Å². The molecule has 1 aromatic carbocycles. The average molecular weight is 326 g/mol. The van der Waals surface area contributed by atoms with Crippen molar-refractivity contribution in [3.63, 3.8) is 0 Å². The summed E-state index contributed by atoms with van der Waals surface area (Å²) in [5.41, 5.74) is 0.766. The second-order valence-corrected chi connectivity index (χ2v) is 4.99. The van der Waals surface area contributed by atoms with Crippen molar-refractivity contribution in [2.24, 2.45) is 0 Å². The summed E-state index contributed by atoms with van der Waals surface area (Å²) >= 11 is 6.11. The van der Waals surface area contributed by atoms with Crippen molar-refractivity contribution in [3.8, 4) is 11.5 Å². The van der Waals surface area contributed by atoms with E-state index in [-0.39, 0.29) is 12.5 Å². The van der Waals surface area contributed by atoms with Crippen LogP contribution in [0, 0.1) is 0 Å². The van der Waals surface area contributed by atoms with Gasteiger partial charge in [0.2, 0.25) is 0 Å². The molecule has 21 heavy (non-hydrogen) atoms. The van der Waals surface area contributed by atoms with E-state index < -0.39 is 12.6 Å². The van der Waals surface area contributed by atoms with Crippen molar-refractivity contribution < 1.29 is 22.6 Å². The SMILES string of the molecule is CNC(CCCC(F)(F)F)c1cc(Cl)c(OC)c(OC)c1. The summed E-state index contributed by atoms with van der Waals surface area (Å²) in [7, 11) is 4.65. The maximum absolute atomic E-state index is 12.2. The summed E-state index contributed by atoms with van der Waals surface area (Å²) in [5, 5.41) is 3.36. The van der Waals surface area contributed by atoms with E-state index >= 15 is 0 Å². The van der Waals surface area contributed by atoms with E-state index in [1.807, 2.05) is 0 Å². The number of rotatable bonds is 7. The topological polar surface area (TPSA) is 30.5 Å². The Hall–Kier alpha value is -1.14. The van der Waals surface area contributed by atoms with Crippen LogP contribution in [0.3, 0.4) is 0 Å². The van der Waals surface area contributed by atoms with E-state index in [9.17, 15) is 13.2 Å². The van der Waals surface area contributed by atoms with Crippen LogP contribution in [0.5, 0.6) is 11.5 Å². The molecule has 0 heterocycles. The minimum Gasteiger partial charge on any atom is -0.493 e. The highest BCUT2D eigenvalue weighted by Gasteiger charge is 2.27. The fourth-order valence-corrected chi connectivity index (χ4v) is 2.42. The molecule has 0 saturated heterocycles. The van der Waals surface area contributed by atoms with E-state index in [0.717, 1.165) is 5.56 Å². The highest BCUT2D eigenvalue weighted by Crippen LogP contribution is 2.38. The number of ether oxygens (including phenoxy) is 2. The van der Waals surface area contributed by atoms with Gasteiger partial charge in [0.15, 0.2) is 11.5 Å². The van der Waals surface area contributed by atoms with Gasteiger partial charge in [0, 0.05) is 12.5 Å². The maximum Gasteiger partial charge on any atom is 0.389 e. The number of hydrogen-bond donors (Lipinski definition) is 1. The van der Waals surface area contributed by atoms with Gasteiger partial charge >= 0.3 is 6.18 Å². The Labute approximate surface area is 127 Å². The molecule has 0 radical (unpaired) electrons. The van der Waals surface area contributed by atoms with E-state index in [1.165, 1.54) is 14.2 Å². The molecule has 1 unspecified atom stereocenters. The first kappa shape index (κ1) is 17.9. The molecule has 0 bridgehead atoms. The Morgan fingerprint density at radius 2 is 1.90 bits per heavy atom. The average Bonchev–Trinajstić information content (AvgIpc) is 2.41. The predicted molar refractivity (Wildman–Crippen MR) is 76.3 cm³/mol. The van der Waals surface area contributed by atoms with Gasteiger partial charge < -0.3 is 14.8 Å². The third kappa shape index (κ3) is 5.28. The van der Waals surface area contributed by atoms with Crippen LogP contribution in [0.1, 0.15) is 30.9 Å². The van der Waals surface area contributed by atoms with Crippen LogP contribution in [0.4, 0.5) is 13.2 Å². The highest BCUT2D eigenvalue weighted by molar-refractivity contribution is 6.32. The van der Waals surface area contributed by atoms with Gasteiger partial charge in [0.1, 0.15) is 0 Å². The van der Waals surface area contributed by atoms with Crippen molar-refractivity contribution in [1.82, 2.24) is 5.32 Å². The van der Waals surface area contributed by atoms with Crippen molar-refractivity contribution in [3.05, 3.63) is 22.7 Å². The monoisotopic (exact) mass is 325 g/mol. The molecule has 1 atom stereocenters. The standard InChI is InChI=1S/C14H19ClF3NO2/c1-19-11(5-4-6-14(16,17)18)9-7-10(15)13(21-3)12(8-9)20-2/h7-8,11,19H,4-6H2,1-3H3. The zero-order chi connectivity index (χ0) is 16.0. The summed E-state index contributed by atoms with van der Waals surface area (Å²) in [6.45, 7) is 0. The summed E-state index contributed by atoms with van der Waals surface area (Å²) in [6.07, 6.45) is -4.54. The maximum atomic E-state index is 12.2. The molecule has 7 heteroatoms. The minimum absolute atomic E-state index is 0.0426. The lowest BCUT2D eigenvalue weighted by Crippen LogP contribution is -2.18. The summed E-state index contributed by atoms with van der Waals surface area (Å²) in [6, 6.07) is 3.17. The molecule has 1 aromatic rings. The molecular formula is C14H19ClF3NO2. The Kier molecular flexibility index (Phi) is 6.61. The highest BCUT2D eigenvalue weighted by atomic mass is 35.5. The van der Waals surface area contributed by atoms with Gasteiger partial charge in [-0.15, -0.1) is 0 Å². The molecule has 0 aliphatic carbocycles. The zero-order valence-electron chi connectivity index (χ0n) is 12.2. The van der Waals surface area contributed by atoms with Gasteiger partial charge in [0.25, 0.3) is 0 Å². The second-order valence-electron chi connectivity index (χ2n) is 4.59. The quantitative estimate of drug-likeness (QED) is 0.808. The molecule has 0 amide bonds. The first-order valence-electron chi connectivity index (χ1n) is 6.47. The first-order valence-corrected chi connectivity index (χ1v) is 6.85. The fraction of sp³-hybridized carbons (Fsp3) is 0.571. The molecule has 0 aromatic heterocycles. The van der Waals surface area contributed by atoms with E-state index in [2.05, 4.69) is 5.32 Å². The van der Waals surface area contributed by atoms with Crippen LogP contribution >= 0.6 is 11.6 Å². The van der Waals surface area contributed by atoms with Crippen LogP contribution in [0.2, 0.25) is 5.02 Å². The van der Waals surface area contributed by atoms with Gasteiger partial charge in [-0.2, -0.15) is 13.2 Å². The summed E-state index contributed by atoms with van der Waals surface area (Å²) in [4.78, 5) is 0. The fourth-order valence-electron chi connectivity index (χ4n) is 2.12. The Bertz CT molecular complexity index is 466. The summed E-state index contributed by atoms with van der Waals surface area (Å²) < 4.78 is 47.0. The van der Waals surface area contributed by atoms with Crippen LogP contribution in [0.25, 0.3) is 0 Å². The number of methoxy groups -OCH3 is 2. The van der Waals surface area contributed by atoms with Gasteiger partial charge in [0.05, 0.1) is 19.2 Å². The first-order chi connectivity index (χ1) is 9.82. The molecule has 120 valence electrons. The number of halogens is 4. The van der Waals surface area contributed by atoms with Gasteiger partial charge in [-0.3, -0.25) is 0 Å². The lowest BCUT2D eigenvalue weighted by atomic mass is 10.0. The van der Waals surface area contributed by atoms with Crippen molar-refractivity contribution in [2.75, 3.05) is 21.3 Å². The molecule has 1 rings (SSSR count). The molecule has 0 fully saturated rings. The normalized spacial score (nSPS) is 13.1. The minimum atomic E-state index is -4.13. The Morgan fingerprint density at radius 3 is 2.38 bits per heavy atom. The van der Waals surface area contributed by atoms with Crippen molar-refractivity contribution in [2.45, 2.75) is 31.5 Å². The van der Waals surface area contributed by atoms with Gasteiger partial charge in [-0.25, -0.2) is 0 Å². The molecule has 1 N–H and O–H groups in total. The largest absolute Gasteiger partial charge is 0.493 e.